The second-order valence-electron chi connectivity index (χ2n) is 5.18. The lowest BCUT2D eigenvalue weighted by Gasteiger charge is -2.26. The summed E-state index contributed by atoms with van der Waals surface area (Å²) in [6, 6.07) is 3.68. The van der Waals surface area contributed by atoms with Gasteiger partial charge in [0.25, 0.3) is 5.91 Å². The Bertz CT molecular complexity index is 514. The van der Waals surface area contributed by atoms with E-state index < -0.39 is 11.7 Å². The van der Waals surface area contributed by atoms with Gasteiger partial charge in [-0.05, 0) is 62.5 Å². The Hall–Kier alpha value is -1.27. The molecule has 1 amide bonds. The summed E-state index contributed by atoms with van der Waals surface area (Å²) < 4.78 is 39.5. The maximum absolute atomic E-state index is 13.2. The van der Waals surface area contributed by atoms with E-state index in [1.807, 2.05) is 0 Å². The monoisotopic (exact) mass is 336 g/mol. The van der Waals surface area contributed by atoms with Gasteiger partial charge < -0.3 is 10.6 Å². The van der Waals surface area contributed by atoms with Crippen molar-refractivity contribution in [2.75, 3.05) is 19.6 Å². The van der Waals surface area contributed by atoms with Crippen molar-refractivity contribution in [2.45, 2.75) is 31.9 Å². The van der Waals surface area contributed by atoms with E-state index in [4.69, 9.17) is 0 Å². The van der Waals surface area contributed by atoms with Gasteiger partial charge >= 0.3 is 6.18 Å². The minimum atomic E-state index is -4.39. The lowest BCUT2D eigenvalue weighted by Crippen LogP contribution is -2.28. The van der Waals surface area contributed by atoms with Gasteiger partial charge in [0.15, 0.2) is 0 Å². The summed E-state index contributed by atoms with van der Waals surface area (Å²) in [5, 5.41) is 5.76. The third kappa shape index (κ3) is 4.36. The molecule has 0 saturated carbocycles. The molecule has 2 rings (SSSR count). The maximum Gasteiger partial charge on any atom is 0.416 e. The molecule has 3 nitrogen and oxygen atoms in total. The van der Waals surface area contributed by atoms with Gasteiger partial charge in [0.2, 0.25) is 0 Å². The quantitative estimate of drug-likeness (QED) is 0.889. The first kappa shape index (κ1) is 18.8. The van der Waals surface area contributed by atoms with Gasteiger partial charge in [-0.1, -0.05) is 0 Å². The minimum Gasteiger partial charge on any atom is -0.352 e. The fourth-order valence-electron chi connectivity index (χ4n) is 2.70. The molecule has 0 aliphatic carbocycles. The standard InChI is InChI=1S/C15H19F3N2O.ClH/c1-2-20-14(21)11-3-4-13(15(16,17)18)12(9-11)10-5-7-19-8-6-10;/h3-4,9-10,19H,2,5-8H2,1H3,(H,20,21);1H. The van der Waals surface area contributed by atoms with Gasteiger partial charge in [-0.15, -0.1) is 12.4 Å². The van der Waals surface area contributed by atoms with E-state index in [9.17, 15) is 18.0 Å². The summed E-state index contributed by atoms with van der Waals surface area (Å²) in [5.74, 6) is -0.487. The van der Waals surface area contributed by atoms with Crippen molar-refractivity contribution in [3.05, 3.63) is 34.9 Å². The number of benzene rings is 1. The minimum absolute atomic E-state index is 0. The molecule has 1 aliphatic heterocycles. The Kier molecular flexibility index (Phi) is 6.68. The van der Waals surface area contributed by atoms with Crippen molar-refractivity contribution in [3.63, 3.8) is 0 Å². The van der Waals surface area contributed by atoms with E-state index >= 15 is 0 Å². The summed E-state index contributed by atoms with van der Waals surface area (Å²) in [4.78, 5) is 11.8. The van der Waals surface area contributed by atoms with Crippen LogP contribution in [-0.4, -0.2) is 25.5 Å². The summed E-state index contributed by atoms with van der Waals surface area (Å²) >= 11 is 0. The van der Waals surface area contributed by atoms with E-state index in [0.717, 1.165) is 6.07 Å². The number of carbonyl (C=O) groups excluding carboxylic acids is 1. The first-order valence-corrected chi connectivity index (χ1v) is 7.13. The molecule has 2 N–H and O–H groups in total. The third-order valence-corrected chi connectivity index (χ3v) is 3.74. The van der Waals surface area contributed by atoms with Gasteiger partial charge in [-0.2, -0.15) is 13.2 Å². The number of carbonyl (C=O) groups is 1. The van der Waals surface area contributed by atoms with Crippen LogP contribution in [0.4, 0.5) is 13.2 Å². The number of rotatable bonds is 3. The molecule has 1 heterocycles. The molecule has 22 heavy (non-hydrogen) atoms. The van der Waals surface area contributed by atoms with Crippen molar-refractivity contribution in [3.8, 4) is 0 Å². The average molecular weight is 337 g/mol. The second-order valence-corrected chi connectivity index (χ2v) is 5.18. The van der Waals surface area contributed by atoms with Crippen LogP contribution in [0.25, 0.3) is 0 Å². The molecule has 0 atom stereocenters. The fraction of sp³-hybridized carbons (Fsp3) is 0.533. The molecule has 0 unspecified atom stereocenters. The molecule has 0 radical (unpaired) electrons. The van der Waals surface area contributed by atoms with E-state index in [-0.39, 0.29) is 29.8 Å². The predicted molar refractivity (Wildman–Crippen MR) is 81.5 cm³/mol. The fourth-order valence-corrected chi connectivity index (χ4v) is 2.70. The van der Waals surface area contributed by atoms with Crippen LogP contribution >= 0.6 is 12.4 Å². The number of hydrogen-bond acceptors (Lipinski definition) is 2. The van der Waals surface area contributed by atoms with Crippen LogP contribution in [-0.2, 0) is 6.18 Å². The molecular formula is C15H20ClF3N2O. The van der Waals surface area contributed by atoms with Crippen LogP contribution in [0.1, 0.15) is 47.2 Å². The van der Waals surface area contributed by atoms with Crippen molar-refractivity contribution < 1.29 is 18.0 Å². The molecule has 124 valence electrons. The van der Waals surface area contributed by atoms with Crippen LogP contribution in [0.3, 0.4) is 0 Å². The zero-order chi connectivity index (χ0) is 15.5. The largest absolute Gasteiger partial charge is 0.416 e. The third-order valence-electron chi connectivity index (χ3n) is 3.74. The Balaban J connectivity index is 0.00000242. The van der Waals surface area contributed by atoms with Gasteiger partial charge in [-0.25, -0.2) is 0 Å². The van der Waals surface area contributed by atoms with Crippen LogP contribution in [0, 0.1) is 0 Å². The van der Waals surface area contributed by atoms with Crippen LogP contribution in [0.5, 0.6) is 0 Å². The highest BCUT2D eigenvalue weighted by Crippen LogP contribution is 2.38. The Morgan fingerprint density at radius 3 is 2.50 bits per heavy atom. The highest BCUT2D eigenvalue weighted by atomic mass is 35.5. The van der Waals surface area contributed by atoms with Crippen LogP contribution in [0.15, 0.2) is 18.2 Å². The number of piperidine rings is 1. The van der Waals surface area contributed by atoms with E-state index in [1.165, 1.54) is 12.1 Å². The molecule has 1 saturated heterocycles. The number of hydrogen-bond donors (Lipinski definition) is 2. The number of nitrogens with one attached hydrogen (secondary N) is 2. The molecule has 0 spiro atoms. The van der Waals surface area contributed by atoms with E-state index in [0.29, 0.717) is 38.0 Å². The summed E-state index contributed by atoms with van der Waals surface area (Å²) in [6.07, 6.45) is -3.08. The molecule has 1 fully saturated rings. The van der Waals surface area contributed by atoms with Gasteiger partial charge in [0, 0.05) is 12.1 Å². The Morgan fingerprint density at radius 2 is 1.95 bits per heavy atom. The van der Waals surface area contributed by atoms with Crippen LogP contribution < -0.4 is 10.6 Å². The summed E-state index contributed by atoms with van der Waals surface area (Å²) in [7, 11) is 0. The second kappa shape index (κ2) is 7.83. The molecule has 1 aromatic rings. The van der Waals surface area contributed by atoms with Crippen molar-refractivity contribution >= 4 is 18.3 Å². The van der Waals surface area contributed by atoms with Crippen LogP contribution in [0.2, 0.25) is 0 Å². The smallest absolute Gasteiger partial charge is 0.352 e. The van der Waals surface area contributed by atoms with Gasteiger partial charge in [-0.3, -0.25) is 4.79 Å². The van der Waals surface area contributed by atoms with E-state index in [2.05, 4.69) is 10.6 Å². The number of alkyl halides is 3. The first-order chi connectivity index (χ1) is 9.93. The van der Waals surface area contributed by atoms with Crippen molar-refractivity contribution in [1.29, 1.82) is 0 Å². The number of halogens is 4. The Morgan fingerprint density at radius 1 is 1.32 bits per heavy atom. The lowest BCUT2D eigenvalue weighted by atomic mass is 9.85. The summed E-state index contributed by atoms with van der Waals surface area (Å²) in [6.45, 7) is 3.62. The highest BCUT2D eigenvalue weighted by molar-refractivity contribution is 5.94. The zero-order valence-corrected chi connectivity index (χ0v) is 13.1. The molecule has 1 aliphatic rings. The SMILES string of the molecule is CCNC(=O)c1ccc(C(F)(F)F)c(C2CCNCC2)c1.Cl. The first-order valence-electron chi connectivity index (χ1n) is 7.13. The normalized spacial score (nSPS) is 16.0. The average Bonchev–Trinajstić information content (AvgIpc) is 2.47. The molecule has 7 heteroatoms. The maximum atomic E-state index is 13.2. The van der Waals surface area contributed by atoms with Gasteiger partial charge in [0.1, 0.15) is 0 Å². The lowest BCUT2D eigenvalue weighted by molar-refractivity contribution is -0.138. The molecule has 0 aromatic heterocycles. The van der Waals surface area contributed by atoms with Gasteiger partial charge in [0.05, 0.1) is 5.56 Å². The summed E-state index contributed by atoms with van der Waals surface area (Å²) in [5.41, 5.74) is -0.0893. The molecule has 0 bridgehead atoms. The van der Waals surface area contributed by atoms with E-state index in [1.54, 1.807) is 6.92 Å². The highest BCUT2D eigenvalue weighted by Gasteiger charge is 2.35. The van der Waals surface area contributed by atoms with Crippen molar-refractivity contribution in [2.24, 2.45) is 0 Å². The molecular weight excluding hydrogens is 317 g/mol. The van der Waals surface area contributed by atoms with Crippen molar-refractivity contribution in [1.82, 2.24) is 10.6 Å². The number of amides is 1. The Labute approximate surface area is 134 Å². The topological polar surface area (TPSA) is 41.1 Å². The zero-order valence-electron chi connectivity index (χ0n) is 12.3. The predicted octanol–water partition coefficient (Wildman–Crippen LogP) is 3.34. The molecule has 1 aromatic carbocycles.